The Morgan fingerprint density at radius 1 is 1.18 bits per heavy atom. The monoisotopic (exact) mass is 449 g/mol. The lowest BCUT2D eigenvalue weighted by atomic mass is 9.98. The summed E-state index contributed by atoms with van der Waals surface area (Å²) in [4.78, 5) is 41.8. The largest absolute Gasteiger partial charge is 0.478 e. The summed E-state index contributed by atoms with van der Waals surface area (Å²) in [6, 6.07) is 6.24. The Labute approximate surface area is 191 Å². The first kappa shape index (κ1) is 22.4. The van der Waals surface area contributed by atoms with Crippen LogP contribution in [0.1, 0.15) is 87.2 Å². The number of fused-ring (bicyclic) bond motifs is 2. The topological polar surface area (TPSA) is 126 Å². The quantitative estimate of drug-likeness (QED) is 0.509. The van der Waals surface area contributed by atoms with Crippen LogP contribution in [0.5, 0.6) is 0 Å². The average Bonchev–Trinajstić information content (AvgIpc) is 3.44. The van der Waals surface area contributed by atoms with Crippen molar-refractivity contribution >= 4 is 23.4 Å². The second-order valence-corrected chi connectivity index (χ2v) is 8.29. The third kappa shape index (κ3) is 4.18. The number of hydrogen-bond donors (Lipinski definition) is 3. The number of aromatic nitrogens is 3. The molecule has 2 amide bonds. The highest BCUT2D eigenvalue weighted by Gasteiger charge is 2.29. The van der Waals surface area contributed by atoms with E-state index in [4.69, 9.17) is 0 Å². The summed E-state index contributed by atoms with van der Waals surface area (Å²) in [5, 5.41) is 19.6. The van der Waals surface area contributed by atoms with Crippen LogP contribution in [0.2, 0.25) is 0 Å². The molecule has 9 nitrogen and oxygen atoms in total. The van der Waals surface area contributed by atoms with Gasteiger partial charge in [-0.05, 0) is 55.4 Å². The van der Waals surface area contributed by atoms with Crippen molar-refractivity contribution in [2.45, 2.75) is 58.5 Å². The summed E-state index contributed by atoms with van der Waals surface area (Å²) >= 11 is 0. The first-order chi connectivity index (χ1) is 15.8. The van der Waals surface area contributed by atoms with Gasteiger partial charge in [0, 0.05) is 18.2 Å². The molecule has 0 unspecified atom stereocenters. The van der Waals surface area contributed by atoms with Gasteiger partial charge in [0.25, 0.3) is 11.8 Å². The fourth-order valence-electron chi connectivity index (χ4n) is 4.44. The van der Waals surface area contributed by atoms with E-state index in [0.29, 0.717) is 18.5 Å². The molecule has 2 heterocycles. The SMILES string of the molecule is CCC(CC)NC(=O)c1cc(C(=O)N[C@H]2CCc3c2ccc(C(=O)O)c3C)n2nccc2n1. The molecule has 0 bridgehead atoms. The van der Waals surface area contributed by atoms with Gasteiger partial charge < -0.3 is 15.7 Å². The Balaban J connectivity index is 1.62. The lowest BCUT2D eigenvalue weighted by molar-refractivity contribution is 0.0695. The molecule has 1 atom stereocenters. The number of carbonyl (C=O) groups is 3. The van der Waals surface area contributed by atoms with Crippen LogP contribution in [-0.2, 0) is 6.42 Å². The molecule has 0 saturated heterocycles. The normalized spacial score (nSPS) is 15.0. The molecule has 1 aromatic carbocycles. The minimum atomic E-state index is -0.958. The molecule has 33 heavy (non-hydrogen) atoms. The van der Waals surface area contributed by atoms with Crippen LogP contribution in [0.3, 0.4) is 0 Å². The fourth-order valence-corrected chi connectivity index (χ4v) is 4.44. The van der Waals surface area contributed by atoms with Gasteiger partial charge in [-0.2, -0.15) is 5.10 Å². The number of rotatable bonds is 7. The van der Waals surface area contributed by atoms with Crippen molar-refractivity contribution in [2.24, 2.45) is 0 Å². The zero-order valence-electron chi connectivity index (χ0n) is 18.9. The van der Waals surface area contributed by atoms with Gasteiger partial charge in [-0.3, -0.25) is 9.59 Å². The standard InChI is InChI=1S/C24H27N5O4/c1-4-14(5-2)26-22(30)19-12-20(29-21(27-19)10-11-25-29)23(31)28-18-9-8-15-13(3)16(24(32)33)6-7-17(15)18/h6-7,10-12,14,18H,4-5,8-9H2,1-3H3,(H,26,30)(H,28,31)(H,32,33)/t18-/m0/s1. The maximum absolute atomic E-state index is 13.3. The Morgan fingerprint density at radius 3 is 2.64 bits per heavy atom. The van der Waals surface area contributed by atoms with Crippen LogP contribution < -0.4 is 10.6 Å². The number of nitrogens with one attached hydrogen (secondary N) is 2. The molecule has 3 N–H and O–H groups in total. The second kappa shape index (κ2) is 9.01. The molecule has 172 valence electrons. The van der Waals surface area contributed by atoms with Gasteiger partial charge in [-0.15, -0.1) is 0 Å². The van der Waals surface area contributed by atoms with Gasteiger partial charge in [0.05, 0.1) is 17.8 Å². The van der Waals surface area contributed by atoms with E-state index in [-0.39, 0.29) is 40.8 Å². The summed E-state index contributed by atoms with van der Waals surface area (Å²) in [5.74, 6) is -1.66. The van der Waals surface area contributed by atoms with Gasteiger partial charge in [0.15, 0.2) is 5.65 Å². The molecule has 3 aromatic rings. The number of amides is 2. The smallest absolute Gasteiger partial charge is 0.335 e. The van der Waals surface area contributed by atoms with E-state index in [9.17, 15) is 19.5 Å². The minimum absolute atomic E-state index is 0.0339. The summed E-state index contributed by atoms with van der Waals surface area (Å²) < 4.78 is 1.41. The highest BCUT2D eigenvalue weighted by Crippen LogP contribution is 2.34. The van der Waals surface area contributed by atoms with Crippen LogP contribution in [-0.4, -0.2) is 43.5 Å². The third-order valence-electron chi connectivity index (χ3n) is 6.37. The summed E-state index contributed by atoms with van der Waals surface area (Å²) in [5.41, 5.74) is 3.68. The van der Waals surface area contributed by atoms with E-state index < -0.39 is 5.97 Å². The average molecular weight is 450 g/mol. The van der Waals surface area contributed by atoms with Crippen molar-refractivity contribution in [1.82, 2.24) is 25.2 Å². The Bertz CT molecular complexity index is 1250. The number of carbonyl (C=O) groups excluding carboxylic acids is 2. The lowest BCUT2D eigenvalue weighted by Gasteiger charge is -2.17. The van der Waals surface area contributed by atoms with E-state index >= 15 is 0 Å². The predicted molar refractivity (Wildman–Crippen MR) is 121 cm³/mol. The third-order valence-corrected chi connectivity index (χ3v) is 6.37. The molecule has 4 rings (SSSR count). The van der Waals surface area contributed by atoms with E-state index in [1.54, 1.807) is 25.1 Å². The molecule has 0 aliphatic heterocycles. The van der Waals surface area contributed by atoms with Gasteiger partial charge in [0.2, 0.25) is 0 Å². The van der Waals surface area contributed by atoms with Gasteiger partial charge in [-0.25, -0.2) is 14.3 Å². The lowest BCUT2D eigenvalue weighted by Crippen LogP contribution is -2.35. The Hall–Kier alpha value is -3.75. The van der Waals surface area contributed by atoms with Crippen molar-refractivity contribution in [2.75, 3.05) is 0 Å². The van der Waals surface area contributed by atoms with Crippen molar-refractivity contribution < 1.29 is 19.5 Å². The highest BCUT2D eigenvalue weighted by molar-refractivity contribution is 5.98. The number of aromatic carboxylic acids is 1. The summed E-state index contributed by atoms with van der Waals surface area (Å²) in [6.45, 7) is 5.80. The molecule has 0 spiro atoms. The summed E-state index contributed by atoms with van der Waals surface area (Å²) in [6.07, 6.45) is 4.48. The molecule has 0 radical (unpaired) electrons. The van der Waals surface area contributed by atoms with E-state index in [2.05, 4.69) is 20.7 Å². The summed E-state index contributed by atoms with van der Waals surface area (Å²) in [7, 11) is 0. The molecular weight excluding hydrogens is 422 g/mol. The zero-order valence-corrected chi connectivity index (χ0v) is 18.9. The Morgan fingerprint density at radius 2 is 1.94 bits per heavy atom. The van der Waals surface area contributed by atoms with Crippen LogP contribution in [0.4, 0.5) is 0 Å². The minimum Gasteiger partial charge on any atom is -0.478 e. The van der Waals surface area contributed by atoms with Crippen molar-refractivity contribution in [3.63, 3.8) is 0 Å². The van der Waals surface area contributed by atoms with Gasteiger partial charge in [-0.1, -0.05) is 19.9 Å². The van der Waals surface area contributed by atoms with Crippen LogP contribution in [0.15, 0.2) is 30.5 Å². The number of nitrogens with zero attached hydrogens (tertiary/aromatic N) is 3. The van der Waals surface area contributed by atoms with Crippen LogP contribution in [0, 0.1) is 6.92 Å². The second-order valence-electron chi connectivity index (χ2n) is 8.29. The molecule has 0 fully saturated rings. The van der Waals surface area contributed by atoms with Gasteiger partial charge in [0.1, 0.15) is 11.4 Å². The number of benzene rings is 1. The fraction of sp³-hybridized carbons (Fsp3) is 0.375. The molecule has 9 heteroatoms. The van der Waals surface area contributed by atoms with Crippen molar-refractivity contribution in [3.8, 4) is 0 Å². The number of carboxylic acids is 1. The molecule has 2 aromatic heterocycles. The molecular formula is C24H27N5O4. The van der Waals surface area contributed by atoms with Crippen molar-refractivity contribution in [1.29, 1.82) is 0 Å². The molecule has 1 aliphatic rings. The maximum Gasteiger partial charge on any atom is 0.335 e. The van der Waals surface area contributed by atoms with E-state index in [1.807, 2.05) is 13.8 Å². The number of hydrogen-bond acceptors (Lipinski definition) is 5. The van der Waals surface area contributed by atoms with E-state index in [1.165, 1.54) is 16.8 Å². The predicted octanol–water partition coefficient (Wildman–Crippen LogP) is 3.07. The number of carboxylic acid groups (broad SMARTS) is 1. The van der Waals surface area contributed by atoms with Crippen molar-refractivity contribution in [3.05, 3.63) is 64.1 Å². The van der Waals surface area contributed by atoms with Crippen LogP contribution >= 0.6 is 0 Å². The zero-order chi connectivity index (χ0) is 23.7. The van der Waals surface area contributed by atoms with Gasteiger partial charge >= 0.3 is 5.97 Å². The first-order valence-corrected chi connectivity index (χ1v) is 11.2. The van der Waals surface area contributed by atoms with Crippen LogP contribution in [0.25, 0.3) is 5.65 Å². The maximum atomic E-state index is 13.3. The molecule has 0 saturated carbocycles. The molecule has 1 aliphatic carbocycles. The highest BCUT2D eigenvalue weighted by atomic mass is 16.4. The van der Waals surface area contributed by atoms with E-state index in [0.717, 1.165) is 29.5 Å². The first-order valence-electron chi connectivity index (χ1n) is 11.2. The Kier molecular flexibility index (Phi) is 6.13.